The molecular weight excluding hydrogens is 200 g/mol. The maximum absolute atomic E-state index is 12.8. The van der Waals surface area contributed by atoms with Gasteiger partial charge in [-0.15, -0.1) is 0 Å². The molecule has 15 heavy (non-hydrogen) atoms. The van der Waals surface area contributed by atoms with Gasteiger partial charge >= 0.3 is 0 Å². The lowest BCUT2D eigenvalue weighted by atomic mass is 10.2. The molecule has 1 aromatic carbocycles. The van der Waals surface area contributed by atoms with E-state index in [1.54, 1.807) is 0 Å². The van der Waals surface area contributed by atoms with Crippen molar-refractivity contribution in [2.45, 2.75) is 19.1 Å². The van der Waals surface area contributed by atoms with Crippen molar-refractivity contribution in [2.24, 2.45) is 0 Å². The number of nitrogens with one attached hydrogen (secondary N) is 1. The fraction of sp³-hybridized carbons (Fsp3) is 0.455. The van der Waals surface area contributed by atoms with Gasteiger partial charge in [0.1, 0.15) is 11.6 Å². The van der Waals surface area contributed by atoms with E-state index in [4.69, 9.17) is 4.74 Å². The van der Waals surface area contributed by atoms with Gasteiger partial charge in [0, 0.05) is 12.6 Å². The molecule has 2 nitrogen and oxygen atoms in total. The average Bonchev–Trinajstić information content (AvgIpc) is 2.65. The van der Waals surface area contributed by atoms with Crippen molar-refractivity contribution in [2.75, 3.05) is 13.1 Å². The zero-order valence-electron chi connectivity index (χ0n) is 8.30. The van der Waals surface area contributed by atoms with Crippen molar-refractivity contribution in [3.8, 4) is 0 Å². The van der Waals surface area contributed by atoms with E-state index in [0.717, 1.165) is 25.6 Å². The number of benzene rings is 1. The fourth-order valence-electron chi connectivity index (χ4n) is 1.68. The molecule has 1 fully saturated rings. The summed E-state index contributed by atoms with van der Waals surface area (Å²) in [5.74, 6) is -1.11. The molecule has 1 heterocycles. The van der Waals surface area contributed by atoms with Crippen LogP contribution < -0.4 is 5.32 Å². The molecule has 4 heteroatoms. The Balaban J connectivity index is 1.92. The minimum Gasteiger partial charge on any atom is -0.372 e. The first kappa shape index (κ1) is 10.5. The SMILES string of the molecule is Fc1cc(F)cc(CO[C@@H]2CCNC2)c1. The topological polar surface area (TPSA) is 21.3 Å². The van der Waals surface area contributed by atoms with Crippen LogP contribution in [0.1, 0.15) is 12.0 Å². The molecule has 1 saturated heterocycles. The number of rotatable bonds is 3. The Hall–Kier alpha value is -1.00. The van der Waals surface area contributed by atoms with E-state index in [2.05, 4.69) is 5.32 Å². The van der Waals surface area contributed by atoms with Crippen molar-refractivity contribution >= 4 is 0 Å². The summed E-state index contributed by atoms with van der Waals surface area (Å²) in [6, 6.07) is 3.46. The summed E-state index contributed by atoms with van der Waals surface area (Å²) >= 11 is 0. The molecule has 0 radical (unpaired) electrons. The molecule has 0 saturated carbocycles. The molecule has 0 bridgehead atoms. The van der Waals surface area contributed by atoms with Crippen LogP contribution in [0.3, 0.4) is 0 Å². The van der Waals surface area contributed by atoms with Crippen LogP contribution >= 0.6 is 0 Å². The van der Waals surface area contributed by atoms with E-state index < -0.39 is 11.6 Å². The van der Waals surface area contributed by atoms with Crippen LogP contribution in [0.5, 0.6) is 0 Å². The normalized spacial score (nSPS) is 20.8. The molecule has 0 amide bonds. The van der Waals surface area contributed by atoms with Crippen LogP contribution in [0.15, 0.2) is 18.2 Å². The van der Waals surface area contributed by atoms with Gasteiger partial charge in [0.25, 0.3) is 0 Å². The Morgan fingerprint density at radius 3 is 2.60 bits per heavy atom. The van der Waals surface area contributed by atoms with Crippen molar-refractivity contribution in [1.82, 2.24) is 5.32 Å². The third-order valence-corrected chi connectivity index (χ3v) is 2.42. The average molecular weight is 213 g/mol. The highest BCUT2D eigenvalue weighted by Crippen LogP contribution is 2.11. The Morgan fingerprint density at radius 2 is 2.00 bits per heavy atom. The van der Waals surface area contributed by atoms with Crippen LogP contribution in [0.2, 0.25) is 0 Å². The predicted octanol–water partition coefficient (Wildman–Crippen LogP) is 1.84. The molecule has 0 aromatic heterocycles. The fourth-order valence-corrected chi connectivity index (χ4v) is 1.68. The quantitative estimate of drug-likeness (QED) is 0.827. The van der Waals surface area contributed by atoms with Gasteiger partial charge in [-0.1, -0.05) is 0 Å². The van der Waals surface area contributed by atoms with Gasteiger partial charge in [0.05, 0.1) is 12.7 Å². The molecule has 0 unspecified atom stereocenters. The molecule has 1 atom stereocenters. The Bertz CT molecular complexity index is 317. The maximum atomic E-state index is 12.8. The summed E-state index contributed by atoms with van der Waals surface area (Å²) in [6.45, 7) is 2.03. The highest BCUT2D eigenvalue weighted by Gasteiger charge is 2.14. The maximum Gasteiger partial charge on any atom is 0.126 e. The summed E-state index contributed by atoms with van der Waals surface area (Å²) in [5.41, 5.74) is 0.541. The van der Waals surface area contributed by atoms with Gasteiger partial charge in [-0.3, -0.25) is 0 Å². The lowest BCUT2D eigenvalue weighted by Gasteiger charge is -2.10. The van der Waals surface area contributed by atoms with E-state index in [9.17, 15) is 8.78 Å². The Labute approximate surface area is 87.2 Å². The first-order chi connectivity index (χ1) is 7.24. The van der Waals surface area contributed by atoms with Crippen LogP contribution in [0, 0.1) is 11.6 Å². The standard InChI is InChI=1S/C11H13F2NO/c12-9-3-8(4-10(13)5-9)7-15-11-1-2-14-6-11/h3-5,11,14H,1-2,6-7H2/t11-/m1/s1. The molecule has 2 rings (SSSR count). The van der Waals surface area contributed by atoms with E-state index in [1.165, 1.54) is 12.1 Å². The van der Waals surface area contributed by atoms with Crippen LogP contribution in [-0.2, 0) is 11.3 Å². The third-order valence-electron chi connectivity index (χ3n) is 2.42. The van der Waals surface area contributed by atoms with Gasteiger partial charge in [-0.25, -0.2) is 8.78 Å². The second-order valence-corrected chi connectivity index (χ2v) is 3.70. The predicted molar refractivity (Wildman–Crippen MR) is 52.4 cm³/mol. The van der Waals surface area contributed by atoms with Gasteiger partial charge in [0.2, 0.25) is 0 Å². The van der Waals surface area contributed by atoms with Crippen molar-refractivity contribution in [3.05, 3.63) is 35.4 Å². The Morgan fingerprint density at radius 1 is 1.27 bits per heavy atom. The molecule has 82 valence electrons. The number of ether oxygens (including phenoxy) is 1. The monoisotopic (exact) mass is 213 g/mol. The molecular formula is C11H13F2NO. The minimum atomic E-state index is -0.557. The van der Waals surface area contributed by atoms with Crippen LogP contribution in [-0.4, -0.2) is 19.2 Å². The number of halogens is 2. The van der Waals surface area contributed by atoms with E-state index in [0.29, 0.717) is 5.56 Å². The molecule has 0 aliphatic carbocycles. The van der Waals surface area contributed by atoms with Crippen molar-refractivity contribution < 1.29 is 13.5 Å². The first-order valence-electron chi connectivity index (χ1n) is 5.01. The lowest BCUT2D eigenvalue weighted by molar-refractivity contribution is 0.0539. The van der Waals surface area contributed by atoms with E-state index in [-0.39, 0.29) is 12.7 Å². The number of hydrogen-bond donors (Lipinski definition) is 1. The van der Waals surface area contributed by atoms with Gasteiger partial charge < -0.3 is 10.1 Å². The second-order valence-electron chi connectivity index (χ2n) is 3.70. The van der Waals surface area contributed by atoms with Gasteiger partial charge in [-0.2, -0.15) is 0 Å². The third kappa shape index (κ3) is 2.97. The smallest absolute Gasteiger partial charge is 0.126 e. The summed E-state index contributed by atoms with van der Waals surface area (Å²) in [5, 5.41) is 3.16. The van der Waals surface area contributed by atoms with Crippen LogP contribution in [0.4, 0.5) is 8.78 Å². The first-order valence-corrected chi connectivity index (χ1v) is 5.01. The highest BCUT2D eigenvalue weighted by molar-refractivity contribution is 5.17. The second kappa shape index (κ2) is 4.68. The van der Waals surface area contributed by atoms with E-state index >= 15 is 0 Å². The zero-order valence-corrected chi connectivity index (χ0v) is 8.30. The van der Waals surface area contributed by atoms with Gasteiger partial charge in [0.15, 0.2) is 0 Å². The Kier molecular flexibility index (Phi) is 3.28. The summed E-state index contributed by atoms with van der Waals surface area (Å²) in [7, 11) is 0. The van der Waals surface area contributed by atoms with Crippen molar-refractivity contribution in [1.29, 1.82) is 0 Å². The largest absolute Gasteiger partial charge is 0.372 e. The zero-order chi connectivity index (χ0) is 10.7. The summed E-state index contributed by atoms with van der Waals surface area (Å²) < 4.78 is 31.1. The minimum absolute atomic E-state index is 0.163. The summed E-state index contributed by atoms with van der Waals surface area (Å²) in [6.07, 6.45) is 1.12. The number of hydrogen-bond acceptors (Lipinski definition) is 2. The molecule has 0 spiro atoms. The lowest BCUT2D eigenvalue weighted by Crippen LogP contribution is -2.16. The molecule has 1 aliphatic rings. The van der Waals surface area contributed by atoms with Gasteiger partial charge in [-0.05, 0) is 30.7 Å². The molecule has 1 aliphatic heterocycles. The summed E-state index contributed by atoms with van der Waals surface area (Å²) in [4.78, 5) is 0. The molecule has 1 N–H and O–H groups in total. The van der Waals surface area contributed by atoms with Crippen LogP contribution in [0.25, 0.3) is 0 Å². The molecule has 1 aromatic rings. The highest BCUT2D eigenvalue weighted by atomic mass is 19.1. The van der Waals surface area contributed by atoms with Crippen molar-refractivity contribution in [3.63, 3.8) is 0 Å². The van der Waals surface area contributed by atoms with E-state index in [1.807, 2.05) is 0 Å².